The quantitative estimate of drug-likeness (QED) is 0.725. The molecule has 2 aliphatic heterocycles. The summed E-state index contributed by atoms with van der Waals surface area (Å²) in [5.74, 6) is -1.06. The van der Waals surface area contributed by atoms with E-state index in [0.29, 0.717) is 34.4 Å². The number of esters is 1. The van der Waals surface area contributed by atoms with Crippen molar-refractivity contribution in [1.82, 2.24) is 9.78 Å². The third kappa shape index (κ3) is 2.20. The molecule has 0 spiro atoms. The van der Waals surface area contributed by atoms with Crippen molar-refractivity contribution in [2.24, 2.45) is 13.0 Å². The summed E-state index contributed by atoms with van der Waals surface area (Å²) < 4.78 is 20.8. The summed E-state index contributed by atoms with van der Waals surface area (Å²) in [6.45, 7) is 0.348. The van der Waals surface area contributed by atoms with Gasteiger partial charge < -0.3 is 10.1 Å². The predicted molar refractivity (Wildman–Crippen MR) is 88.5 cm³/mol. The van der Waals surface area contributed by atoms with Crippen LogP contribution in [0.15, 0.2) is 27.5 Å². The number of benzene rings is 1. The first-order valence-corrected chi connectivity index (χ1v) is 8.43. The van der Waals surface area contributed by atoms with Crippen LogP contribution in [0.2, 0.25) is 0 Å². The van der Waals surface area contributed by atoms with Crippen molar-refractivity contribution in [2.75, 3.05) is 11.9 Å². The van der Waals surface area contributed by atoms with Crippen molar-refractivity contribution < 1.29 is 13.9 Å². The summed E-state index contributed by atoms with van der Waals surface area (Å²) >= 11 is 3.18. The van der Waals surface area contributed by atoms with E-state index >= 15 is 0 Å². The fourth-order valence-corrected chi connectivity index (χ4v) is 4.11. The second-order valence-corrected chi connectivity index (χ2v) is 7.00. The third-order valence-corrected chi connectivity index (χ3v) is 5.39. The van der Waals surface area contributed by atoms with Crippen molar-refractivity contribution in [1.29, 1.82) is 0 Å². The van der Waals surface area contributed by atoms with E-state index in [1.54, 1.807) is 23.9 Å². The predicted octanol–water partition coefficient (Wildman–Crippen LogP) is 2.10. The normalized spacial score (nSPS) is 25.5. The van der Waals surface area contributed by atoms with Crippen molar-refractivity contribution >= 4 is 27.7 Å². The Morgan fingerprint density at radius 3 is 2.92 bits per heavy atom. The van der Waals surface area contributed by atoms with Gasteiger partial charge in [-0.3, -0.25) is 19.4 Å². The average molecular weight is 396 g/mol. The molecule has 1 aromatic heterocycles. The molecule has 6 nitrogen and oxygen atoms in total. The lowest BCUT2D eigenvalue weighted by atomic mass is 9.73. The molecule has 0 saturated carbocycles. The van der Waals surface area contributed by atoms with Crippen molar-refractivity contribution in [2.45, 2.75) is 18.4 Å². The van der Waals surface area contributed by atoms with Crippen molar-refractivity contribution in [3.8, 4) is 0 Å². The lowest BCUT2D eigenvalue weighted by molar-refractivity contribution is -0.154. The molecule has 126 valence electrons. The summed E-state index contributed by atoms with van der Waals surface area (Å²) in [6.07, 6.45) is 0.661. The minimum Gasteiger partial charge on any atom is -0.465 e. The van der Waals surface area contributed by atoms with Gasteiger partial charge in [0.05, 0.1) is 22.6 Å². The number of aryl methyl sites for hydroxylation is 1. The molecule has 3 unspecified atom stereocenters. The molecule has 1 saturated heterocycles. The summed E-state index contributed by atoms with van der Waals surface area (Å²) in [5.41, 5.74) is 0.926. The van der Waals surface area contributed by atoms with Gasteiger partial charge in [0.25, 0.3) is 5.56 Å². The van der Waals surface area contributed by atoms with E-state index in [-0.39, 0.29) is 17.6 Å². The van der Waals surface area contributed by atoms with Crippen LogP contribution in [0.5, 0.6) is 0 Å². The topological polar surface area (TPSA) is 76.1 Å². The fourth-order valence-electron chi connectivity index (χ4n) is 3.71. The second-order valence-electron chi connectivity index (χ2n) is 6.15. The van der Waals surface area contributed by atoms with E-state index in [4.69, 9.17) is 4.74 Å². The Kier molecular flexibility index (Phi) is 3.52. The van der Waals surface area contributed by atoms with Gasteiger partial charge in [0.1, 0.15) is 11.6 Å². The summed E-state index contributed by atoms with van der Waals surface area (Å²) in [5, 5.41) is 6.02. The molecule has 4 rings (SSSR count). The number of aromatic amines is 1. The molecule has 2 aromatic rings. The molecule has 3 heterocycles. The fraction of sp³-hybridized carbons (Fsp3) is 0.375. The van der Waals surface area contributed by atoms with Crippen LogP contribution >= 0.6 is 15.9 Å². The zero-order valence-corrected chi connectivity index (χ0v) is 14.4. The largest absolute Gasteiger partial charge is 0.465 e. The number of cyclic esters (lactones) is 1. The highest BCUT2D eigenvalue weighted by Gasteiger charge is 2.47. The number of halogens is 2. The molecule has 0 bridgehead atoms. The summed E-state index contributed by atoms with van der Waals surface area (Å²) in [7, 11) is 1.74. The number of aromatic nitrogens is 2. The van der Waals surface area contributed by atoms with E-state index in [1.165, 1.54) is 6.07 Å². The number of carbonyl (C=O) groups excluding carboxylic acids is 1. The van der Waals surface area contributed by atoms with Crippen LogP contribution in [0.3, 0.4) is 0 Å². The molecule has 0 aliphatic carbocycles. The van der Waals surface area contributed by atoms with E-state index in [1.807, 2.05) is 0 Å². The Hall–Kier alpha value is -2.09. The van der Waals surface area contributed by atoms with Gasteiger partial charge in [-0.25, -0.2) is 4.39 Å². The summed E-state index contributed by atoms with van der Waals surface area (Å²) in [4.78, 5) is 24.9. The van der Waals surface area contributed by atoms with Crippen LogP contribution < -0.4 is 10.9 Å². The zero-order valence-electron chi connectivity index (χ0n) is 12.8. The number of carbonyl (C=O) groups is 1. The monoisotopic (exact) mass is 395 g/mol. The number of hydrogen-bond acceptors (Lipinski definition) is 4. The van der Waals surface area contributed by atoms with Crippen LogP contribution in [0.25, 0.3) is 0 Å². The standard InChI is InChI=1S/C16H15BrFN3O3/c1-21-14-13(15(22)20-21)11(7-2-3-9(18)8(17)6-7)12-10(19-14)4-5-24-16(12)23/h2-3,6,10-12,19H,4-5H2,1H3,(H,20,22). The van der Waals surface area contributed by atoms with E-state index < -0.39 is 17.7 Å². The Bertz CT molecular complexity index is 891. The number of nitrogens with one attached hydrogen (secondary N) is 2. The van der Waals surface area contributed by atoms with Crippen LogP contribution in [-0.2, 0) is 16.6 Å². The smallest absolute Gasteiger partial charge is 0.312 e. The molecule has 24 heavy (non-hydrogen) atoms. The van der Waals surface area contributed by atoms with Gasteiger partial charge in [0.2, 0.25) is 0 Å². The SMILES string of the molecule is Cn1[nH]c(=O)c2c1NC1CCOC(=O)C1C2c1ccc(F)c(Br)c1. The average Bonchev–Trinajstić information content (AvgIpc) is 2.83. The molecule has 0 amide bonds. The lowest BCUT2D eigenvalue weighted by Crippen LogP contribution is -2.48. The Balaban J connectivity index is 1.94. The molecule has 1 aromatic carbocycles. The summed E-state index contributed by atoms with van der Waals surface area (Å²) in [6, 6.07) is 4.45. The van der Waals surface area contributed by atoms with Gasteiger partial charge in [-0.05, 0) is 33.6 Å². The van der Waals surface area contributed by atoms with E-state index in [9.17, 15) is 14.0 Å². The molecule has 1 fully saturated rings. The van der Waals surface area contributed by atoms with Gasteiger partial charge >= 0.3 is 5.97 Å². The van der Waals surface area contributed by atoms with Gasteiger partial charge in [-0.2, -0.15) is 0 Å². The number of hydrogen-bond donors (Lipinski definition) is 2. The first-order valence-electron chi connectivity index (χ1n) is 7.64. The Morgan fingerprint density at radius 1 is 1.38 bits per heavy atom. The van der Waals surface area contributed by atoms with Crippen molar-refractivity contribution in [3.63, 3.8) is 0 Å². The number of fused-ring (bicyclic) bond motifs is 2. The second kappa shape index (κ2) is 5.47. The van der Waals surface area contributed by atoms with Gasteiger partial charge in [-0.15, -0.1) is 0 Å². The maximum atomic E-state index is 13.6. The first kappa shape index (κ1) is 15.4. The first-order chi connectivity index (χ1) is 11.5. The van der Waals surface area contributed by atoms with Crippen LogP contribution in [-0.4, -0.2) is 28.4 Å². The number of rotatable bonds is 1. The van der Waals surface area contributed by atoms with E-state index in [2.05, 4.69) is 26.3 Å². The van der Waals surface area contributed by atoms with Gasteiger partial charge in [-0.1, -0.05) is 6.07 Å². The molecular weight excluding hydrogens is 381 g/mol. The van der Waals surface area contributed by atoms with E-state index in [0.717, 1.165) is 0 Å². The molecule has 3 atom stereocenters. The highest BCUT2D eigenvalue weighted by molar-refractivity contribution is 9.10. The molecule has 0 radical (unpaired) electrons. The highest BCUT2D eigenvalue weighted by atomic mass is 79.9. The van der Waals surface area contributed by atoms with Crippen LogP contribution in [0.1, 0.15) is 23.5 Å². The molecule has 2 N–H and O–H groups in total. The van der Waals surface area contributed by atoms with Crippen LogP contribution in [0.4, 0.5) is 10.2 Å². The number of ether oxygens (including phenoxy) is 1. The molecule has 8 heteroatoms. The minimum atomic E-state index is -0.521. The highest BCUT2D eigenvalue weighted by Crippen LogP contribution is 2.44. The zero-order chi connectivity index (χ0) is 17.0. The maximum Gasteiger partial charge on any atom is 0.312 e. The molecular formula is C16H15BrFN3O3. The number of H-pyrrole nitrogens is 1. The van der Waals surface area contributed by atoms with Crippen molar-refractivity contribution in [3.05, 3.63) is 50.0 Å². The number of nitrogens with zero attached hydrogens (tertiary/aromatic N) is 1. The Morgan fingerprint density at radius 2 is 2.17 bits per heavy atom. The van der Waals surface area contributed by atoms with Gasteiger partial charge in [0.15, 0.2) is 0 Å². The van der Waals surface area contributed by atoms with Crippen LogP contribution in [0, 0.1) is 11.7 Å². The lowest BCUT2D eigenvalue weighted by Gasteiger charge is -2.40. The molecule has 2 aliphatic rings. The van der Waals surface area contributed by atoms with Gasteiger partial charge in [0, 0.05) is 25.4 Å². The minimum absolute atomic E-state index is 0.131. The third-order valence-electron chi connectivity index (χ3n) is 4.78. The Labute approximate surface area is 145 Å². The maximum absolute atomic E-state index is 13.6. The number of anilines is 1.